The zero-order valence-electron chi connectivity index (χ0n) is 13.6. The van der Waals surface area contributed by atoms with Crippen LogP contribution in [0.3, 0.4) is 0 Å². The molecule has 0 bridgehead atoms. The van der Waals surface area contributed by atoms with Crippen LogP contribution in [0.2, 0.25) is 0 Å². The molecule has 7 nitrogen and oxygen atoms in total. The number of methoxy groups -OCH3 is 1. The lowest BCUT2D eigenvalue weighted by Gasteiger charge is -2.21. The Balaban J connectivity index is 1.98. The normalized spacial score (nSPS) is 18.0. The molecule has 1 aliphatic rings. The van der Waals surface area contributed by atoms with Gasteiger partial charge in [0.15, 0.2) is 0 Å². The first-order valence-corrected chi connectivity index (χ1v) is 7.53. The number of anilines is 1. The van der Waals surface area contributed by atoms with Gasteiger partial charge >= 0.3 is 6.03 Å². The summed E-state index contributed by atoms with van der Waals surface area (Å²) in [6, 6.07) is 6.23. The van der Waals surface area contributed by atoms with Crippen LogP contribution in [0.1, 0.15) is 20.3 Å². The maximum atomic E-state index is 12.5. The Morgan fingerprint density at radius 3 is 2.78 bits per heavy atom. The summed E-state index contributed by atoms with van der Waals surface area (Å²) in [6.45, 7) is 3.81. The topological polar surface area (TPSA) is 90.9 Å². The van der Waals surface area contributed by atoms with Crippen molar-refractivity contribution < 1.29 is 19.4 Å². The predicted molar refractivity (Wildman–Crippen MR) is 86.6 cm³/mol. The van der Waals surface area contributed by atoms with E-state index in [4.69, 9.17) is 4.74 Å². The summed E-state index contributed by atoms with van der Waals surface area (Å²) in [5.41, 5.74) is -0.304. The fourth-order valence-electron chi connectivity index (χ4n) is 2.41. The molecule has 0 radical (unpaired) electrons. The molecule has 1 aromatic rings. The molecule has 3 N–H and O–H groups in total. The summed E-state index contributed by atoms with van der Waals surface area (Å²) in [5, 5.41) is 14.8. The van der Waals surface area contributed by atoms with Crippen LogP contribution in [-0.4, -0.2) is 48.9 Å². The third-order valence-electron chi connectivity index (χ3n) is 3.57. The van der Waals surface area contributed by atoms with Crippen LogP contribution >= 0.6 is 0 Å². The van der Waals surface area contributed by atoms with Crippen LogP contribution in [0.4, 0.5) is 10.5 Å². The van der Waals surface area contributed by atoms with E-state index in [1.807, 2.05) is 18.2 Å². The molecule has 7 heteroatoms. The molecule has 0 aliphatic carbocycles. The maximum Gasteiger partial charge on any atom is 0.315 e. The van der Waals surface area contributed by atoms with Crippen LogP contribution in [-0.2, 0) is 4.79 Å². The van der Waals surface area contributed by atoms with E-state index >= 15 is 0 Å². The van der Waals surface area contributed by atoms with Crippen LogP contribution in [0.25, 0.3) is 0 Å². The van der Waals surface area contributed by atoms with Crippen molar-refractivity contribution in [2.24, 2.45) is 0 Å². The minimum absolute atomic E-state index is 0.107. The van der Waals surface area contributed by atoms with Gasteiger partial charge in [0.2, 0.25) is 5.91 Å². The standard InChI is InChI=1S/C16H23N3O4/c1-16(2,22)10-17-15(21)18-11-8-9-19(14(11)20)12-6-4-5-7-13(12)23-3/h4-7,11,22H,8-10H2,1-3H3,(H2,17,18,21). The number of carbonyl (C=O) groups is 2. The molecule has 3 amide bonds. The van der Waals surface area contributed by atoms with Gasteiger partial charge in [-0.15, -0.1) is 0 Å². The number of amides is 3. The van der Waals surface area contributed by atoms with E-state index in [0.29, 0.717) is 24.4 Å². The van der Waals surface area contributed by atoms with Gasteiger partial charge in [-0.25, -0.2) is 4.79 Å². The Morgan fingerprint density at radius 2 is 2.13 bits per heavy atom. The second-order valence-corrected chi connectivity index (χ2v) is 6.14. The monoisotopic (exact) mass is 321 g/mol. The second kappa shape index (κ2) is 6.87. The molecule has 23 heavy (non-hydrogen) atoms. The molecular weight excluding hydrogens is 298 g/mol. The first-order valence-electron chi connectivity index (χ1n) is 7.53. The number of carbonyl (C=O) groups excluding carboxylic acids is 2. The zero-order valence-corrected chi connectivity index (χ0v) is 13.6. The molecule has 1 unspecified atom stereocenters. The van der Waals surface area contributed by atoms with Gasteiger partial charge in [0.1, 0.15) is 11.8 Å². The summed E-state index contributed by atoms with van der Waals surface area (Å²) < 4.78 is 5.28. The van der Waals surface area contributed by atoms with Crippen LogP contribution in [0.5, 0.6) is 5.75 Å². The summed E-state index contributed by atoms with van der Waals surface area (Å²) >= 11 is 0. The van der Waals surface area contributed by atoms with Crippen molar-refractivity contribution in [3.05, 3.63) is 24.3 Å². The van der Waals surface area contributed by atoms with Gasteiger partial charge in [0.25, 0.3) is 0 Å². The van der Waals surface area contributed by atoms with Crippen molar-refractivity contribution in [2.75, 3.05) is 25.1 Å². The molecule has 1 atom stereocenters. The molecule has 1 saturated heterocycles. The minimum Gasteiger partial charge on any atom is -0.495 e. The highest BCUT2D eigenvalue weighted by molar-refractivity contribution is 6.02. The lowest BCUT2D eigenvalue weighted by Crippen LogP contribution is -2.49. The third-order valence-corrected chi connectivity index (χ3v) is 3.57. The highest BCUT2D eigenvalue weighted by atomic mass is 16.5. The summed E-state index contributed by atoms with van der Waals surface area (Å²) in [6.07, 6.45) is 0.521. The Bertz CT molecular complexity index is 583. The van der Waals surface area contributed by atoms with E-state index in [9.17, 15) is 14.7 Å². The number of aliphatic hydroxyl groups is 1. The van der Waals surface area contributed by atoms with E-state index in [1.165, 1.54) is 0 Å². The predicted octanol–water partition coefficient (Wildman–Crippen LogP) is 0.871. The third kappa shape index (κ3) is 4.35. The van der Waals surface area contributed by atoms with Crippen molar-refractivity contribution in [1.29, 1.82) is 0 Å². The fraction of sp³-hybridized carbons (Fsp3) is 0.500. The summed E-state index contributed by atoms with van der Waals surface area (Å²) in [4.78, 5) is 25.9. The van der Waals surface area contributed by atoms with Gasteiger partial charge < -0.3 is 25.4 Å². The van der Waals surface area contributed by atoms with E-state index < -0.39 is 17.7 Å². The number of urea groups is 1. The molecule has 1 heterocycles. The first kappa shape index (κ1) is 17.1. The van der Waals surface area contributed by atoms with E-state index in [-0.39, 0.29) is 12.5 Å². The van der Waals surface area contributed by atoms with Crippen LogP contribution in [0, 0.1) is 0 Å². The van der Waals surface area contributed by atoms with Crippen molar-refractivity contribution in [2.45, 2.75) is 31.9 Å². The SMILES string of the molecule is COc1ccccc1N1CCC(NC(=O)NCC(C)(C)O)C1=O. The van der Waals surface area contributed by atoms with Crippen molar-refractivity contribution in [3.63, 3.8) is 0 Å². The molecule has 1 aliphatic heterocycles. The number of rotatable bonds is 5. The molecule has 1 aromatic carbocycles. The second-order valence-electron chi connectivity index (χ2n) is 6.14. The largest absolute Gasteiger partial charge is 0.495 e. The van der Waals surface area contributed by atoms with Gasteiger partial charge in [-0.05, 0) is 32.4 Å². The van der Waals surface area contributed by atoms with E-state index in [1.54, 1.807) is 31.9 Å². The van der Waals surface area contributed by atoms with Gasteiger partial charge in [-0.3, -0.25) is 4.79 Å². The molecule has 1 fully saturated rings. The summed E-state index contributed by atoms with van der Waals surface area (Å²) in [5.74, 6) is 0.445. The lowest BCUT2D eigenvalue weighted by molar-refractivity contribution is -0.118. The molecule has 0 aromatic heterocycles. The van der Waals surface area contributed by atoms with Crippen molar-refractivity contribution >= 4 is 17.6 Å². The molecule has 0 spiro atoms. The van der Waals surface area contributed by atoms with Crippen molar-refractivity contribution in [3.8, 4) is 5.75 Å². The number of benzene rings is 1. The summed E-state index contributed by atoms with van der Waals surface area (Å²) in [7, 11) is 1.55. The lowest BCUT2D eigenvalue weighted by atomic mass is 10.1. The van der Waals surface area contributed by atoms with E-state index in [0.717, 1.165) is 0 Å². The van der Waals surface area contributed by atoms with Crippen molar-refractivity contribution in [1.82, 2.24) is 10.6 Å². The first-order chi connectivity index (χ1) is 10.8. The average Bonchev–Trinajstić information content (AvgIpc) is 2.85. The zero-order chi connectivity index (χ0) is 17.0. The Hall–Kier alpha value is -2.28. The van der Waals surface area contributed by atoms with Crippen LogP contribution < -0.4 is 20.3 Å². The smallest absolute Gasteiger partial charge is 0.315 e. The average molecular weight is 321 g/mol. The minimum atomic E-state index is -1.000. The highest BCUT2D eigenvalue weighted by Gasteiger charge is 2.34. The Kier molecular flexibility index (Phi) is 5.10. The number of nitrogens with zero attached hydrogens (tertiary/aromatic N) is 1. The molecular formula is C16H23N3O4. The number of hydrogen-bond donors (Lipinski definition) is 3. The quantitative estimate of drug-likeness (QED) is 0.750. The maximum absolute atomic E-state index is 12.5. The molecule has 2 rings (SSSR count). The van der Waals surface area contributed by atoms with E-state index in [2.05, 4.69) is 10.6 Å². The van der Waals surface area contributed by atoms with Gasteiger partial charge in [0, 0.05) is 13.1 Å². The highest BCUT2D eigenvalue weighted by Crippen LogP contribution is 2.30. The molecule has 126 valence electrons. The van der Waals surface area contributed by atoms with Gasteiger partial charge in [0.05, 0.1) is 18.4 Å². The fourth-order valence-corrected chi connectivity index (χ4v) is 2.41. The number of hydrogen-bond acceptors (Lipinski definition) is 4. The van der Waals surface area contributed by atoms with Gasteiger partial charge in [-0.2, -0.15) is 0 Å². The number of nitrogens with one attached hydrogen (secondary N) is 2. The Morgan fingerprint density at radius 1 is 1.43 bits per heavy atom. The molecule has 0 saturated carbocycles. The number of para-hydroxylation sites is 2. The number of ether oxygens (including phenoxy) is 1. The Labute approximate surface area is 135 Å². The van der Waals surface area contributed by atoms with Crippen LogP contribution in [0.15, 0.2) is 24.3 Å². The van der Waals surface area contributed by atoms with Gasteiger partial charge in [-0.1, -0.05) is 12.1 Å².